The normalized spacial score (nSPS) is 0. The van der Waals surface area contributed by atoms with Crippen LogP contribution in [0.4, 0.5) is 0 Å². The van der Waals surface area contributed by atoms with Gasteiger partial charge in [-0.2, -0.15) is 0 Å². The van der Waals surface area contributed by atoms with E-state index < -0.39 is 0 Å². The first-order valence-electron chi connectivity index (χ1n) is 0. The zero-order chi connectivity index (χ0) is 0. The summed E-state index contributed by atoms with van der Waals surface area (Å²) in [6, 6.07) is 0. The first-order valence-corrected chi connectivity index (χ1v) is 0. The van der Waals surface area contributed by atoms with Gasteiger partial charge in [0.25, 0.3) is 0 Å². The Morgan fingerprint density at radius 3 is 0.00862 bits per heavy atom. The van der Waals surface area contributed by atoms with E-state index in [1.807, 2.05) is 0 Å². The quantitative estimate of drug-likeness (QED) is 0.314. The predicted octanol–water partition coefficient (Wildman–Crippen LogP) is -0.290. The molecule has 116 heavy (non-hydrogen) atoms. The van der Waals surface area contributed by atoms with Crippen molar-refractivity contribution in [1.82, 2.24) is 0 Å². The Morgan fingerprint density at radius 2 is 0.00862 bits per heavy atom. The smallest absolute Gasteiger partial charge is 0 e. The van der Waals surface area contributed by atoms with E-state index in [1.165, 1.54) is 0 Å². The molecule has 0 radical (unpaired) electrons. The summed E-state index contributed by atoms with van der Waals surface area (Å²) in [6.07, 6.45) is 0. The molecule has 0 aromatic rings. The zero-order valence-corrected chi connectivity index (χ0v) is 300. The van der Waals surface area contributed by atoms with Crippen LogP contribution in [0.1, 0.15) is 0 Å². The first kappa shape index (κ1) is 1170. The molecule has 116 heteroatoms. The Bertz CT molecular complexity index is 0. The minimum Gasteiger partial charge on any atom is 0 e. The van der Waals surface area contributed by atoms with E-state index in [4.69, 9.17) is 0 Å². The van der Waals surface area contributed by atoms with E-state index in [2.05, 4.69) is 0 Å². The van der Waals surface area contributed by atoms with Crippen molar-refractivity contribution in [3.05, 3.63) is 0 Å². The van der Waals surface area contributed by atoms with Gasteiger partial charge in [-0.1, -0.05) is 0 Å². The molecule has 0 rings (SSSR count). The fourth-order valence-corrected chi connectivity index (χ4v) is 0. The number of rotatable bonds is 0. The second-order valence-electron chi connectivity index (χ2n) is 0. The maximum Gasteiger partial charge on any atom is 0 e. The SMILES string of the molecule is [Pt].[Pt].[Pt].[Pt].[Pt].[Pt].[Pt].[Pt].[Pt].[Pt].[Pt].[Pt].[Pt].[Pt].[Pt].[Pt].[Pt].[Pt].[Pt].[Pt].[Pt].[Pt].[Pt].[Pt].[Pt].[Pt].[Pt].[Pt].[Pt].[Pt].[Pt].[Pt].[Pt].[Pt].[Pt].[Pt].[Pt].[Pt].[Pt].[Pt].[Pt].[Pt].[Pt].[Pt].[Pt].[Pt].[Pt].[Pt].[Pt].[Pt].[Pt].[Pt].[Pt].[Pt].[Pt].[Pt].[Pt].[Pt].[Pt].[Pt].[Pt].[Pt].[Pt].[Pt].[Pt].[Pt].[Pt].[Pt].[Pt].[Pt].[Pt].[Pt].[Pt].[Pt].[Pt].[Pt].[Pt].[Pt].[Pt].[Pt].[Pt].[Pt].[Pt].[Pt].[Pt].[Pt].[Pt].[Pt].[Pt].[Pt].[Pt].[Pt].[Pt].[Pt].[Pt].[Pt].[Pt].[Pt].[Pt].[Pt].[Pt].[Pt].[Pt].[Pt].[Pt].[Pt].[Pt].[Pt].[Pt].[Pt].[Pt].[Pt].[Pt].[Pt].[Pt].[Pt]. The molecule has 0 aromatic carbocycles. The molecule has 0 N–H and O–H groups in total. The molecule has 1160 valence electrons. The van der Waals surface area contributed by atoms with Crippen molar-refractivity contribution in [2.24, 2.45) is 0 Å². The van der Waals surface area contributed by atoms with Crippen LogP contribution in [0.15, 0.2) is 0 Å². The van der Waals surface area contributed by atoms with Crippen molar-refractivity contribution < 1.29 is 2440 Å². The summed E-state index contributed by atoms with van der Waals surface area (Å²) in [6.45, 7) is 0. The van der Waals surface area contributed by atoms with Crippen LogP contribution in [0.2, 0.25) is 0 Å². The van der Waals surface area contributed by atoms with Crippen LogP contribution < -0.4 is 0 Å². The molecular formula is Pt116. The Kier molecular flexibility index (Phi) is 11500. The molecule has 0 atom stereocenters. The maximum absolute atomic E-state index is 0. The molecule has 0 spiro atoms. The van der Waals surface area contributed by atoms with Gasteiger partial charge in [0, 0.05) is 2440 Å². The van der Waals surface area contributed by atoms with Crippen LogP contribution >= 0.6 is 0 Å². The standard InChI is InChI=1S/116Pt. The molecule has 0 aromatic heterocycles. The number of hydrogen-bond acceptors (Lipinski definition) is 0. The molecule has 0 saturated carbocycles. The van der Waals surface area contributed by atoms with Gasteiger partial charge in [0.2, 0.25) is 0 Å². The summed E-state index contributed by atoms with van der Waals surface area (Å²) in [4.78, 5) is 0. The molecule has 0 fully saturated rings. The average Bonchev–Trinajstić information content (AvgIpc) is 0. The van der Waals surface area contributed by atoms with E-state index >= 15 is 0 Å². The van der Waals surface area contributed by atoms with Gasteiger partial charge in [0.1, 0.15) is 0 Å². The van der Waals surface area contributed by atoms with Crippen LogP contribution in [-0.2, 0) is 2440 Å². The third-order valence-corrected chi connectivity index (χ3v) is 0. The van der Waals surface area contributed by atoms with Crippen molar-refractivity contribution in [2.45, 2.75) is 0 Å². The van der Waals surface area contributed by atoms with Crippen LogP contribution in [0.5, 0.6) is 0 Å². The average molecular weight is 22600 g/mol. The van der Waals surface area contributed by atoms with Crippen molar-refractivity contribution in [3.63, 3.8) is 0 Å². The van der Waals surface area contributed by atoms with Crippen LogP contribution in [0, 0.1) is 0 Å². The van der Waals surface area contributed by atoms with E-state index in [0.29, 0.717) is 0 Å². The third-order valence-electron chi connectivity index (χ3n) is 0. The van der Waals surface area contributed by atoms with Crippen molar-refractivity contribution in [1.29, 1.82) is 0 Å². The van der Waals surface area contributed by atoms with Gasteiger partial charge in [-0.25, -0.2) is 0 Å². The molecule has 0 heterocycles. The predicted molar refractivity (Wildman–Crippen MR) is 0 cm³/mol. The minimum atomic E-state index is 0. The summed E-state index contributed by atoms with van der Waals surface area (Å²) in [5.41, 5.74) is 0. The molecular weight excluding hydrogens is 22600 g/mol. The molecule has 0 saturated heterocycles. The van der Waals surface area contributed by atoms with Crippen LogP contribution in [0.3, 0.4) is 0 Å². The maximum atomic E-state index is 0. The molecule has 0 amide bonds. The summed E-state index contributed by atoms with van der Waals surface area (Å²) in [5, 5.41) is 0. The van der Waals surface area contributed by atoms with Crippen molar-refractivity contribution in [2.75, 3.05) is 0 Å². The monoisotopic (exact) mass is 22600 g/mol. The minimum absolute atomic E-state index is 0. The third kappa shape index (κ3) is 1130. The molecule has 0 aliphatic carbocycles. The Labute approximate surface area is 2370 Å². The summed E-state index contributed by atoms with van der Waals surface area (Å²) < 4.78 is 0. The molecule has 0 nitrogen and oxygen atoms in total. The molecule has 0 aliphatic rings. The van der Waals surface area contributed by atoms with E-state index in [-0.39, 0.29) is 2440 Å². The molecule has 0 unspecified atom stereocenters. The summed E-state index contributed by atoms with van der Waals surface area (Å²) >= 11 is 0. The fraction of sp³-hybridized carbons (Fsp3) is 0. The topological polar surface area (TPSA) is 0 Å². The van der Waals surface area contributed by atoms with Gasteiger partial charge in [0.15, 0.2) is 0 Å². The second kappa shape index (κ2) is 1150. The first-order chi connectivity index (χ1) is 0. The largest absolute Gasteiger partial charge is 0 e. The molecule has 0 aliphatic heterocycles. The van der Waals surface area contributed by atoms with Crippen LogP contribution in [0.25, 0.3) is 0 Å². The van der Waals surface area contributed by atoms with E-state index in [9.17, 15) is 0 Å². The zero-order valence-electron chi connectivity index (χ0n) is 36.7. The van der Waals surface area contributed by atoms with Gasteiger partial charge in [-0.3, -0.25) is 0 Å². The van der Waals surface area contributed by atoms with Gasteiger partial charge < -0.3 is 0 Å². The Hall–Kier alpha value is 79.8. The van der Waals surface area contributed by atoms with Gasteiger partial charge in [-0.05, 0) is 0 Å². The second-order valence-corrected chi connectivity index (χ2v) is 0. The summed E-state index contributed by atoms with van der Waals surface area (Å²) in [5.74, 6) is 0. The Morgan fingerprint density at radius 1 is 0.00862 bits per heavy atom. The van der Waals surface area contributed by atoms with E-state index in [0.717, 1.165) is 0 Å². The van der Waals surface area contributed by atoms with Crippen LogP contribution in [-0.4, -0.2) is 0 Å². The number of hydrogen-bond donors (Lipinski definition) is 0. The van der Waals surface area contributed by atoms with Crippen molar-refractivity contribution >= 4 is 0 Å². The van der Waals surface area contributed by atoms with Crippen molar-refractivity contribution in [3.8, 4) is 0 Å². The molecule has 0 bridgehead atoms. The summed E-state index contributed by atoms with van der Waals surface area (Å²) in [7, 11) is 0. The fourth-order valence-electron chi connectivity index (χ4n) is 0. The van der Waals surface area contributed by atoms with Gasteiger partial charge >= 0.3 is 0 Å². The van der Waals surface area contributed by atoms with E-state index in [1.54, 1.807) is 0 Å². The van der Waals surface area contributed by atoms with Gasteiger partial charge in [0.05, 0.1) is 0 Å². The Balaban J connectivity index is 0. The van der Waals surface area contributed by atoms with Gasteiger partial charge in [-0.15, -0.1) is 0 Å².